The van der Waals surface area contributed by atoms with Crippen LogP contribution in [0.1, 0.15) is 12.5 Å². The van der Waals surface area contributed by atoms with Crippen molar-refractivity contribution in [1.29, 1.82) is 0 Å². The third kappa shape index (κ3) is 3.20. The maximum Gasteiger partial charge on any atom is 0.319 e. The molecule has 2 amide bonds. The van der Waals surface area contributed by atoms with Crippen molar-refractivity contribution in [3.63, 3.8) is 0 Å². The fraction of sp³-hybridized carbons (Fsp3) is 0.133. The zero-order chi connectivity index (χ0) is 15.4. The summed E-state index contributed by atoms with van der Waals surface area (Å²) in [6.07, 6.45) is 6.70. The number of nitrogens with zero attached hydrogens (tertiary/aromatic N) is 2. The predicted molar refractivity (Wildman–Crippen MR) is 86.1 cm³/mol. The highest BCUT2D eigenvalue weighted by Crippen LogP contribution is 2.41. The van der Waals surface area contributed by atoms with E-state index in [4.69, 9.17) is 0 Å². The number of hydrogen-bond donors (Lipinski definition) is 3. The van der Waals surface area contributed by atoms with Crippen molar-refractivity contribution in [3.05, 3.63) is 48.4 Å². The highest BCUT2D eigenvalue weighted by atomic mass is 32.2. The fourth-order valence-corrected chi connectivity index (χ4v) is 2.86. The first-order chi connectivity index (χ1) is 10.8. The number of allylic oxidation sites excluding steroid dienone is 1. The summed E-state index contributed by atoms with van der Waals surface area (Å²) in [5.74, 6) is 0.760. The third-order valence-corrected chi connectivity index (χ3v) is 4.07. The molecule has 0 spiro atoms. The summed E-state index contributed by atoms with van der Waals surface area (Å²) in [5, 5.41) is 9.54. The first kappa shape index (κ1) is 14.4. The molecule has 0 atom stereocenters. The van der Waals surface area contributed by atoms with Crippen LogP contribution in [0, 0.1) is 0 Å². The van der Waals surface area contributed by atoms with Gasteiger partial charge in [0.25, 0.3) is 0 Å². The highest BCUT2D eigenvalue weighted by Gasteiger charge is 2.17. The molecule has 1 aromatic heterocycles. The van der Waals surface area contributed by atoms with Crippen molar-refractivity contribution in [2.24, 2.45) is 0 Å². The molecule has 0 unspecified atom stereocenters. The van der Waals surface area contributed by atoms with Gasteiger partial charge in [0.2, 0.25) is 0 Å². The maximum atomic E-state index is 11.5. The maximum absolute atomic E-state index is 11.5. The number of urea groups is 1. The lowest BCUT2D eigenvalue weighted by Gasteiger charge is -2.19. The Bertz CT molecular complexity index is 732. The molecule has 1 aromatic carbocycles. The van der Waals surface area contributed by atoms with Crippen LogP contribution in [-0.2, 0) is 6.54 Å². The van der Waals surface area contributed by atoms with E-state index in [-0.39, 0.29) is 6.03 Å². The van der Waals surface area contributed by atoms with E-state index in [0.717, 1.165) is 27.0 Å². The number of carbonyl (C=O) groups excluding carboxylic acids is 1. The predicted octanol–water partition coefficient (Wildman–Crippen LogP) is 3.02. The van der Waals surface area contributed by atoms with Crippen LogP contribution >= 0.6 is 11.8 Å². The fourth-order valence-electron chi connectivity index (χ4n) is 1.98. The summed E-state index contributed by atoms with van der Waals surface area (Å²) < 4.78 is 0. The van der Waals surface area contributed by atoms with Gasteiger partial charge in [-0.3, -0.25) is 0 Å². The van der Waals surface area contributed by atoms with Crippen LogP contribution in [0.15, 0.2) is 52.8 Å². The van der Waals surface area contributed by atoms with Gasteiger partial charge in [0.05, 0.1) is 5.69 Å². The van der Waals surface area contributed by atoms with E-state index in [0.29, 0.717) is 6.54 Å². The minimum absolute atomic E-state index is 0.227. The first-order valence-corrected chi connectivity index (χ1v) is 7.62. The SMILES string of the molecule is C/C=C\NC(=O)NCc1ccc2c(c1)Nc1nccnc1S2. The largest absolute Gasteiger partial charge is 0.337 e. The molecule has 6 nitrogen and oxygen atoms in total. The van der Waals surface area contributed by atoms with Crippen molar-refractivity contribution in [1.82, 2.24) is 20.6 Å². The van der Waals surface area contributed by atoms with Gasteiger partial charge in [0.1, 0.15) is 5.03 Å². The molecule has 112 valence electrons. The molecular weight excluding hydrogens is 298 g/mol. The molecule has 7 heteroatoms. The number of aromatic nitrogens is 2. The molecule has 0 bridgehead atoms. The zero-order valence-electron chi connectivity index (χ0n) is 12.0. The van der Waals surface area contributed by atoms with E-state index in [9.17, 15) is 4.79 Å². The van der Waals surface area contributed by atoms with Crippen LogP contribution in [0.5, 0.6) is 0 Å². The smallest absolute Gasteiger partial charge is 0.319 e. The minimum Gasteiger partial charge on any atom is -0.337 e. The molecular formula is C15H15N5OS. The molecule has 1 aliphatic heterocycles. The summed E-state index contributed by atoms with van der Waals surface area (Å²) in [6, 6.07) is 5.79. The van der Waals surface area contributed by atoms with Crippen molar-refractivity contribution < 1.29 is 4.79 Å². The van der Waals surface area contributed by atoms with Gasteiger partial charge in [-0.15, -0.1) is 0 Å². The Balaban J connectivity index is 1.69. The number of benzene rings is 1. The zero-order valence-corrected chi connectivity index (χ0v) is 12.8. The summed E-state index contributed by atoms with van der Waals surface area (Å²) in [6.45, 7) is 2.30. The lowest BCUT2D eigenvalue weighted by Crippen LogP contribution is -2.31. The first-order valence-electron chi connectivity index (χ1n) is 6.80. The van der Waals surface area contributed by atoms with Crippen LogP contribution < -0.4 is 16.0 Å². The van der Waals surface area contributed by atoms with Gasteiger partial charge in [-0.25, -0.2) is 14.8 Å². The van der Waals surface area contributed by atoms with Gasteiger partial charge < -0.3 is 16.0 Å². The van der Waals surface area contributed by atoms with Gasteiger partial charge in [-0.05, 0) is 24.6 Å². The Labute approximate surface area is 132 Å². The summed E-state index contributed by atoms with van der Waals surface area (Å²) in [4.78, 5) is 21.2. The number of rotatable bonds is 3. The number of fused-ring (bicyclic) bond motifs is 2. The molecule has 0 saturated carbocycles. The van der Waals surface area contributed by atoms with Crippen molar-refractivity contribution in [2.75, 3.05) is 5.32 Å². The number of nitrogens with one attached hydrogen (secondary N) is 3. The molecule has 0 radical (unpaired) electrons. The molecule has 2 aromatic rings. The molecule has 0 aliphatic carbocycles. The summed E-state index contributed by atoms with van der Waals surface area (Å²) in [7, 11) is 0. The normalized spacial score (nSPS) is 12.2. The molecule has 0 saturated heterocycles. The van der Waals surface area contributed by atoms with Gasteiger partial charge in [-0.2, -0.15) is 0 Å². The Kier molecular flexibility index (Phi) is 4.24. The van der Waals surface area contributed by atoms with E-state index in [1.54, 1.807) is 36.4 Å². The molecule has 2 heterocycles. The van der Waals surface area contributed by atoms with Crippen LogP contribution in [0.25, 0.3) is 0 Å². The molecule has 0 fully saturated rings. The van der Waals surface area contributed by atoms with E-state index in [1.165, 1.54) is 0 Å². The third-order valence-electron chi connectivity index (χ3n) is 3.00. The van der Waals surface area contributed by atoms with Crippen molar-refractivity contribution in [3.8, 4) is 0 Å². The summed E-state index contributed by atoms with van der Waals surface area (Å²) >= 11 is 1.58. The average molecular weight is 313 g/mol. The Morgan fingerprint density at radius 2 is 2.23 bits per heavy atom. The number of carbonyl (C=O) groups is 1. The standard InChI is InChI=1S/C15H15N5OS/c1-2-5-18-15(21)19-9-10-3-4-12-11(8-10)20-13-14(22-12)17-7-6-16-13/h2-8H,9H2,1H3,(H,16,20)(H2,18,19,21)/b5-2-. The Hall–Kier alpha value is -2.54. The van der Waals surface area contributed by atoms with Gasteiger partial charge >= 0.3 is 6.03 Å². The lowest BCUT2D eigenvalue weighted by molar-refractivity contribution is 0.243. The number of amides is 2. The topological polar surface area (TPSA) is 78.9 Å². The average Bonchev–Trinajstić information content (AvgIpc) is 2.56. The Morgan fingerprint density at radius 1 is 1.36 bits per heavy atom. The second kappa shape index (κ2) is 6.48. The van der Waals surface area contributed by atoms with Crippen LogP contribution in [0.2, 0.25) is 0 Å². The molecule has 22 heavy (non-hydrogen) atoms. The van der Waals surface area contributed by atoms with E-state index in [1.807, 2.05) is 25.1 Å². The molecule has 3 N–H and O–H groups in total. The molecule has 1 aliphatic rings. The lowest BCUT2D eigenvalue weighted by atomic mass is 10.2. The second-order valence-corrected chi connectivity index (χ2v) is 5.63. The van der Waals surface area contributed by atoms with Crippen molar-refractivity contribution in [2.45, 2.75) is 23.4 Å². The second-order valence-electron chi connectivity index (χ2n) is 4.59. The van der Waals surface area contributed by atoms with Crippen LogP contribution in [0.4, 0.5) is 16.3 Å². The highest BCUT2D eigenvalue weighted by molar-refractivity contribution is 7.99. The summed E-state index contributed by atoms with van der Waals surface area (Å²) in [5.41, 5.74) is 1.99. The number of anilines is 2. The number of hydrogen-bond acceptors (Lipinski definition) is 5. The van der Waals surface area contributed by atoms with Crippen molar-refractivity contribution >= 4 is 29.3 Å². The van der Waals surface area contributed by atoms with E-state index in [2.05, 4.69) is 25.9 Å². The quantitative estimate of drug-likeness (QED) is 0.693. The van der Waals surface area contributed by atoms with E-state index >= 15 is 0 Å². The monoisotopic (exact) mass is 313 g/mol. The minimum atomic E-state index is -0.227. The Morgan fingerprint density at radius 3 is 3.09 bits per heavy atom. The van der Waals surface area contributed by atoms with Crippen LogP contribution in [0.3, 0.4) is 0 Å². The van der Waals surface area contributed by atoms with Gasteiger partial charge in [0, 0.05) is 30.0 Å². The van der Waals surface area contributed by atoms with Gasteiger partial charge in [0.15, 0.2) is 5.82 Å². The van der Waals surface area contributed by atoms with Crippen LogP contribution in [-0.4, -0.2) is 16.0 Å². The van der Waals surface area contributed by atoms with Gasteiger partial charge in [-0.1, -0.05) is 23.9 Å². The van der Waals surface area contributed by atoms with E-state index < -0.39 is 0 Å². The molecule has 3 rings (SSSR count).